The van der Waals surface area contributed by atoms with Crippen molar-refractivity contribution in [1.29, 1.82) is 0 Å². The van der Waals surface area contributed by atoms with Crippen LogP contribution in [0.1, 0.15) is 29.8 Å². The Morgan fingerprint density at radius 2 is 1.88 bits per heavy atom. The lowest BCUT2D eigenvalue weighted by atomic mass is 9.95. The standard InChI is InChI=1S/C12H14O4/c1-12(2)8-5-7(14-3)6-9(15-4)10(8)11(13)16-12/h5-6H,1-4H3. The molecule has 1 aliphatic heterocycles. The van der Waals surface area contributed by atoms with Crippen molar-refractivity contribution in [1.82, 2.24) is 0 Å². The summed E-state index contributed by atoms with van der Waals surface area (Å²) in [4.78, 5) is 11.7. The zero-order chi connectivity index (χ0) is 11.9. The highest BCUT2D eigenvalue weighted by Gasteiger charge is 2.40. The molecule has 1 heterocycles. The van der Waals surface area contributed by atoms with E-state index in [1.165, 1.54) is 7.11 Å². The van der Waals surface area contributed by atoms with E-state index in [2.05, 4.69) is 0 Å². The topological polar surface area (TPSA) is 44.8 Å². The lowest BCUT2D eigenvalue weighted by Gasteiger charge is -2.18. The highest BCUT2D eigenvalue weighted by molar-refractivity contribution is 5.98. The van der Waals surface area contributed by atoms with Gasteiger partial charge in [-0.2, -0.15) is 0 Å². The van der Waals surface area contributed by atoms with Crippen molar-refractivity contribution in [2.24, 2.45) is 0 Å². The Balaban J connectivity index is 2.69. The summed E-state index contributed by atoms with van der Waals surface area (Å²) in [6, 6.07) is 3.49. The molecule has 0 radical (unpaired) electrons. The van der Waals surface area contributed by atoms with Crippen LogP contribution in [0.4, 0.5) is 0 Å². The molecule has 2 rings (SSSR count). The summed E-state index contributed by atoms with van der Waals surface area (Å²) in [5.74, 6) is 0.798. The molecular weight excluding hydrogens is 208 g/mol. The molecule has 1 aliphatic rings. The second-order valence-electron chi connectivity index (χ2n) is 4.15. The molecule has 0 atom stereocenters. The van der Waals surface area contributed by atoms with Crippen molar-refractivity contribution in [3.63, 3.8) is 0 Å². The summed E-state index contributed by atoms with van der Waals surface area (Å²) in [7, 11) is 3.10. The van der Waals surface area contributed by atoms with E-state index in [-0.39, 0.29) is 5.97 Å². The third-order valence-electron chi connectivity index (χ3n) is 2.73. The monoisotopic (exact) mass is 222 g/mol. The van der Waals surface area contributed by atoms with Crippen LogP contribution in [-0.2, 0) is 10.3 Å². The number of carbonyl (C=O) groups is 1. The number of benzene rings is 1. The minimum Gasteiger partial charge on any atom is -0.497 e. The molecule has 1 aromatic carbocycles. The summed E-state index contributed by atoms with van der Waals surface area (Å²) in [6.45, 7) is 3.69. The van der Waals surface area contributed by atoms with Gasteiger partial charge in [0, 0.05) is 11.6 Å². The third kappa shape index (κ3) is 1.41. The van der Waals surface area contributed by atoms with Crippen LogP contribution < -0.4 is 9.47 Å². The first-order valence-corrected chi connectivity index (χ1v) is 4.99. The van der Waals surface area contributed by atoms with Gasteiger partial charge in [-0.05, 0) is 19.9 Å². The van der Waals surface area contributed by atoms with E-state index in [4.69, 9.17) is 14.2 Å². The van der Waals surface area contributed by atoms with Gasteiger partial charge in [-0.1, -0.05) is 0 Å². The number of methoxy groups -OCH3 is 2. The molecule has 0 aromatic heterocycles. The molecule has 0 amide bonds. The number of rotatable bonds is 2. The van der Waals surface area contributed by atoms with Gasteiger partial charge in [0.2, 0.25) is 0 Å². The molecule has 0 aliphatic carbocycles. The summed E-state index contributed by atoms with van der Waals surface area (Å²) >= 11 is 0. The molecular formula is C12H14O4. The van der Waals surface area contributed by atoms with Crippen molar-refractivity contribution in [2.75, 3.05) is 14.2 Å². The van der Waals surface area contributed by atoms with Crippen molar-refractivity contribution >= 4 is 5.97 Å². The number of hydrogen-bond donors (Lipinski definition) is 0. The fourth-order valence-corrected chi connectivity index (χ4v) is 1.89. The first kappa shape index (κ1) is 10.8. The fraction of sp³-hybridized carbons (Fsp3) is 0.417. The van der Waals surface area contributed by atoms with Gasteiger partial charge in [0.1, 0.15) is 22.7 Å². The maximum Gasteiger partial charge on any atom is 0.343 e. The van der Waals surface area contributed by atoms with Gasteiger partial charge in [-0.25, -0.2) is 4.79 Å². The van der Waals surface area contributed by atoms with E-state index in [9.17, 15) is 4.79 Å². The first-order valence-electron chi connectivity index (χ1n) is 4.99. The average molecular weight is 222 g/mol. The Bertz CT molecular complexity index is 449. The van der Waals surface area contributed by atoms with Crippen molar-refractivity contribution in [2.45, 2.75) is 19.4 Å². The Labute approximate surface area is 94.1 Å². The van der Waals surface area contributed by atoms with Crippen molar-refractivity contribution < 1.29 is 19.0 Å². The quantitative estimate of drug-likeness (QED) is 0.719. The molecule has 0 unspecified atom stereocenters. The third-order valence-corrected chi connectivity index (χ3v) is 2.73. The van der Waals surface area contributed by atoms with Crippen molar-refractivity contribution in [3.8, 4) is 11.5 Å². The van der Waals surface area contributed by atoms with Gasteiger partial charge in [0.15, 0.2) is 0 Å². The molecule has 0 saturated heterocycles. The van der Waals surface area contributed by atoms with Crippen LogP contribution in [0.5, 0.6) is 11.5 Å². The number of hydrogen-bond acceptors (Lipinski definition) is 4. The Kier molecular flexibility index (Phi) is 2.30. The number of fused-ring (bicyclic) bond motifs is 1. The smallest absolute Gasteiger partial charge is 0.343 e. The first-order chi connectivity index (χ1) is 7.49. The predicted octanol–water partition coefficient (Wildman–Crippen LogP) is 2.11. The number of ether oxygens (including phenoxy) is 3. The number of cyclic esters (lactones) is 1. The van der Waals surface area contributed by atoms with Gasteiger partial charge in [0.25, 0.3) is 0 Å². The molecule has 4 heteroatoms. The van der Waals surface area contributed by atoms with Crippen LogP contribution in [0.15, 0.2) is 12.1 Å². The zero-order valence-corrected chi connectivity index (χ0v) is 9.79. The largest absolute Gasteiger partial charge is 0.497 e. The maximum absolute atomic E-state index is 11.7. The number of esters is 1. The summed E-state index contributed by atoms with van der Waals surface area (Å²) in [5, 5.41) is 0. The van der Waals surface area contributed by atoms with Crippen molar-refractivity contribution in [3.05, 3.63) is 23.3 Å². The minimum atomic E-state index is -0.631. The molecule has 0 N–H and O–H groups in total. The lowest BCUT2D eigenvalue weighted by molar-refractivity contribution is 0.00942. The van der Waals surface area contributed by atoms with Crippen LogP contribution in [0.3, 0.4) is 0 Å². The summed E-state index contributed by atoms with van der Waals surface area (Å²) in [5.41, 5.74) is 0.663. The van der Waals surface area contributed by atoms with Crippen LogP contribution in [0, 0.1) is 0 Å². The van der Waals surface area contributed by atoms with E-state index in [1.807, 2.05) is 19.9 Å². The Hall–Kier alpha value is -1.71. The average Bonchev–Trinajstić information content (AvgIpc) is 2.48. The SMILES string of the molecule is COc1cc(OC)c2c(c1)C(C)(C)OC2=O. The van der Waals surface area contributed by atoms with E-state index >= 15 is 0 Å². The lowest BCUT2D eigenvalue weighted by Crippen LogP contribution is -2.16. The van der Waals surface area contributed by atoms with E-state index in [0.29, 0.717) is 17.1 Å². The maximum atomic E-state index is 11.7. The van der Waals surface area contributed by atoms with E-state index in [1.54, 1.807) is 13.2 Å². The second-order valence-corrected chi connectivity index (χ2v) is 4.15. The minimum absolute atomic E-state index is 0.348. The van der Waals surface area contributed by atoms with E-state index < -0.39 is 5.60 Å². The van der Waals surface area contributed by atoms with Crippen LogP contribution in [-0.4, -0.2) is 20.2 Å². The van der Waals surface area contributed by atoms with Crippen LogP contribution in [0.25, 0.3) is 0 Å². The van der Waals surface area contributed by atoms with Gasteiger partial charge < -0.3 is 14.2 Å². The molecule has 16 heavy (non-hydrogen) atoms. The zero-order valence-electron chi connectivity index (χ0n) is 9.79. The van der Waals surface area contributed by atoms with E-state index in [0.717, 1.165) is 5.56 Å². The molecule has 1 aromatic rings. The van der Waals surface area contributed by atoms with Crippen LogP contribution >= 0.6 is 0 Å². The van der Waals surface area contributed by atoms with Gasteiger partial charge in [-0.3, -0.25) is 0 Å². The fourth-order valence-electron chi connectivity index (χ4n) is 1.89. The molecule has 0 saturated carbocycles. The van der Waals surface area contributed by atoms with Gasteiger partial charge in [0.05, 0.1) is 14.2 Å². The highest BCUT2D eigenvalue weighted by atomic mass is 16.6. The number of carbonyl (C=O) groups excluding carboxylic acids is 1. The van der Waals surface area contributed by atoms with Gasteiger partial charge >= 0.3 is 5.97 Å². The Morgan fingerprint density at radius 3 is 2.44 bits per heavy atom. The molecule has 0 fully saturated rings. The molecule has 0 bridgehead atoms. The summed E-state index contributed by atoms with van der Waals surface area (Å²) in [6.07, 6.45) is 0. The molecule has 0 spiro atoms. The summed E-state index contributed by atoms with van der Waals surface area (Å²) < 4.78 is 15.6. The second kappa shape index (κ2) is 3.40. The highest BCUT2D eigenvalue weighted by Crippen LogP contribution is 2.42. The normalized spacial score (nSPS) is 16.6. The molecule has 86 valence electrons. The predicted molar refractivity (Wildman–Crippen MR) is 58.0 cm³/mol. The van der Waals surface area contributed by atoms with Crippen LogP contribution in [0.2, 0.25) is 0 Å². The van der Waals surface area contributed by atoms with Gasteiger partial charge in [-0.15, -0.1) is 0 Å². The Morgan fingerprint density at radius 1 is 1.19 bits per heavy atom. The molecule has 4 nitrogen and oxygen atoms in total.